The highest BCUT2D eigenvalue weighted by atomic mass is 16.8. The van der Waals surface area contributed by atoms with Crippen LogP contribution in [0.4, 0.5) is 0 Å². The molecule has 0 amide bonds. The summed E-state index contributed by atoms with van der Waals surface area (Å²) in [6.07, 6.45) is 5.05. The first-order valence-corrected chi connectivity index (χ1v) is 6.40. The third-order valence-corrected chi connectivity index (χ3v) is 4.10. The first-order chi connectivity index (χ1) is 7.69. The van der Waals surface area contributed by atoms with Gasteiger partial charge < -0.3 is 19.7 Å². The second-order valence-electron chi connectivity index (χ2n) is 5.40. The summed E-state index contributed by atoms with van der Waals surface area (Å²) in [6, 6.07) is 0. The highest BCUT2D eigenvalue weighted by Crippen LogP contribution is 2.44. The van der Waals surface area contributed by atoms with Gasteiger partial charge in [0.1, 0.15) is 6.10 Å². The van der Waals surface area contributed by atoms with Gasteiger partial charge in [0.05, 0.1) is 18.3 Å². The minimum absolute atomic E-state index is 0.114. The minimum Gasteiger partial charge on any atom is -0.393 e. The highest BCUT2D eigenvalue weighted by Gasteiger charge is 2.52. The van der Waals surface area contributed by atoms with Gasteiger partial charge in [-0.2, -0.15) is 0 Å². The van der Waals surface area contributed by atoms with Crippen molar-refractivity contribution in [3.05, 3.63) is 0 Å². The van der Waals surface area contributed by atoms with Gasteiger partial charge in [-0.25, -0.2) is 0 Å². The summed E-state index contributed by atoms with van der Waals surface area (Å²) in [6.45, 7) is 0. The SMILES string of the molecule is OC1CC(O)C2OC3(CCCCC3)OC2C1. The molecule has 1 aliphatic heterocycles. The van der Waals surface area contributed by atoms with Gasteiger partial charge in [-0.3, -0.25) is 0 Å². The van der Waals surface area contributed by atoms with Crippen molar-refractivity contribution >= 4 is 0 Å². The summed E-state index contributed by atoms with van der Waals surface area (Å²) >= 11 is 0. The Balaban J connectivity index is 1.74. The van der Waals surface area contributed by atoms with Crippen LogP contribution in [0.2, 0.25) is 0 Å². The van der Waals surface area contributed by atoms with Gasteiger partial charge >= 0.3 is 0 Å². The molecule has 3 aliphatic rings. The lowest BCUT2D eigenvalue weighted by atomic mass is 9.90. The summed E-state index contributed by atoms with van der Waals surface area (Å²) in [5.41, 5.74) is 0. The Labute approximate surface area is 95.6 Å². The Morgan fingerprint density at radius 3 is 2.44 bits per heavy atom. The first kappa shape index (κ1) is 11.0. The van der Waals surface area contributed by atoms with Crippen molar-refractivity contribution in [1.82, 2.24) is 0 Å². The van der Waals surface area contributed by atoms with E-state index in [1.807, 2.05) is 0 Å². The minimum atomic E-state index is -0.574. The Bertz CT molecular complexity index is 262. The number of ether oxygens (including phenoxy) is 2. The molecule has 0 aromatic rings. The molecule has 2 aliphatic carbocycles. The molecule has 0 radical (unpaired) electrons. The normalized spacial score (nSPS) is 46.9. The van der Waals surface area contributed by atoms with Crippen LogP contribution in [-0.2, 0) is 9.47 Å². The van der Waals surface area contributed by atoms with E-state index in [1.54, 1.807) is 0 Å². The lowest BCUT2D eigenvalue weighted by Gasteiger charge is -2.32. The van der Waals surface area contributed by atoms with Crippen molar-refractivity contribution < 1.29 is 19.7 Å². The fourth-order valence-corrected chi connectivity index (χ4v) is 3.31. The first-order valence-electron chi connectivity index (χ1n) is 6.40. The molecule has 4 unspecified atom stereocenters. The predicted octanol–water partition coefficient (Wildman–Crippen LogP) is 0.946. The Kier molecular flexibility index (Phi) is 2.70. The molecule has 1 spiro atoms. The van der Waals surface area contributed by atoms with E-state index >= 15 is 0 Å². The Morgan fingerprint density at radius 2 is 1.69 bits per heavy atom. The molecular weight excluding hydrogens is 208 g/mol. The van der Waals surface area contributed by atoms with Crippen LogP contribution in [0.5, 0.6) is 0 Å². The van der Waals surface area contributed by atoms with Crippen molar-refractivity contribution in [2.75, 3.05) is 0 Å². The molecule has 2 saturated carbocycles. The molecule has 0 aromatic heterocycles. The monoisotopic (exact) mass is 228 g/mol. The van der Waals surface area contributed by atoms with Gasteiger partial charge in [0.15, 0.2) is 5.79 Å². The van der Waals surface area contributed by atoms with Crippen molar-refractivity contribution in [2.24, 2.45) is 0 Å². The molecule has 16 heavy (non-hydrogen) atoms. The molecule has 3 fully saturated rings. The van der Waals surface area contributed by atoms with Gasteiger partial charge in [0.2, 0.25) is 0 Å². The zero-order chi connectivity index (χ0) is 11.2. The third kappa shape index (κ3) is 1.78. The predicted molar refractivity (Wildman–Crippen MR) is 56.8 cm³/mol. The maximum Gasteiger partial charge on any atom is 0.169 e. The van der Waals surface area contributed by atoms with Gasteiger partial charge in [0, 0.05) is 25.7 Å². The molecule has 4 heteroatoms. The van der Waals surface area contributed by atoms with Crippen LogP contribution in [0.3, 0.4) is 0 Å². The highest BCUT2D eigenvalue weighted by molar-refractivity contribution is 4.96. The Hall–Kier alpha value is -0.160. The second kappa shape index (κ2) is 3.95. The number of fused-ring (bicyclic) bond motifs is 1. The number of hydrogen-bond donors (Lipinski definition) is 2. The van der Waals surface area contributed by atoms with Crippen LogP contribution in [-0.4, -0.2) is 40.4 Å². The van der Waals surface area contributed by atoms with E-state index in [0.29, 0.717) is 12.8 Å². The standard InChI is InChI=1S/C12H20O4/c13-8-6-9(14)11-10(7-8)15-12(16-11)4-2-1-3-5-12/h8-11,13-14H,1-7H2. The lowest BCUT2D eigenvalue weighted by Crippen LogP contribution is -2.44. The van der Waals surface area contributed by atoms with E-state index < -0.39 is 18.0 Å². The average molecular weight is 228 g/mol. The summed E-state index contributed by atoms with van der Waals surface area (Å²) in [5.74, 6) is -0.446. The van der Waals surface area contributed by atoms with Gasteiger partial charge in [-0.15, -0.1) is 0 Å². The van der Waals surface area contributed by atoms with E-state index in [0.717, 1.165) is 25.7 Å². The zero-order valence-electron chi connectivity index (χ0n) is 9.47. The molecule has 0 bridgehead atoms. The van der Waals surface area contributed by atoms with Crippen molar-refractivity contribution in [2.45, 2.75) is 75.1 Å². The number of aliphatic hydroxyl groups is 2. The number of rotatable bonds is 0. The summed E-state index contributed by atoms with van der Waals surface area (Å²) in [5, 5.41) is 19.5. The van der Waals surface area contributed by atoms with Gasteiger partial charge in [-0.1, -0.05) is 6.42 Å². The molecule has 92 valence electrons. The summed E-state index contributed by atoms with van der Waals surface area (Å²) in [7, 11) is 0. The Morgan fingerprint density at radius 1 is 0.938 bits per heavy atom. The smallest absolute Gasteiger partial charge is 0.169 e. The molecule has 4 atom stereocenters. The second-order valence-corrected chi connectivity index (χ2v) is 5.40. The lowest BCUT2D eigenvalue weighted by molar-refractivity contribution is -0.198. The van der Waals surface area contributed by atoms with Crippen LogP contribution in [0, 0.1) is 0 Å². The topological polar surface area (TPSA) is 58.9 Å². The molecule has 4 nitrogen and oxygen atoms in total. The summed E-state index contributed by atoms with van der Waals surface area (Å²) < 4.78 is 12.0. The van der Waals surface area contributed by atoms with Crippen molar-refractivity contribution in [3.63, 3.8) is 0 Å². The van der Waals surface area contributed by atoms with Gasteiger partial charge in [-0.05, 0) is 12.8 Å². The van der Waals surface area contributed by atoms with E-state index in [1.165, 1.54) is 6.42 Å². The molecule has 1 saturated heterocycles. The average Bonchev–Trinajstić information content (AvgIpc) is 2.57. The van der Waals surface area contributed by atoms with Crippen LogP contribution < -0.4 is 0 Å². The van der Waals surface area contributed by atoms with Crippen molar-refractivity contribution in [1.29, 1.82) is 0 Å². The van der Waals surface area contributed by atoms with E-state index in [2.05, 4.69) is 0 Å². The fraction of sp³-hybridized carbons (Fsp3) is 1.00. The molecule has 3 rings (SSSR count). The molecule has 0 aromatic carbocycles. The van der Waals surface area contributed by atoms with Crippen LogP contribution >= 0.6 is 0 Å². The molecule has 1 heterocycles. The van der Waals surface area contributed by atoms with E-state index in [9.17, 15) is 10.2 Å². The maximum absolute atomic E-state index is 9.90. The van der Waals surface area contributed by atoms with Gasteiger partial charge in [0.25, 0.3) is 0 Å². The van der Waals surface area contributed by atoms with Crippen LogP contribution in [0.1, 0.15) is 44.9 Å². The van der Waals surface area contributed by atoms with Crippen LogP contribution in [0.25, 0.3) is 0 Å². The summed E-state index contributed by atoms with van der Waals surface area (Å²) in [4.78, 5) is 0. The van der Waals surface area contributed by atoms with Crippen LogP contribution in [0.15, 0.2) is 0 Å². The quantitative estimate of drug-likeness (QED) is 0.648. The number of aliphatic hydroxyl groups excluding tert-OH is 2. The van der Waals surface area contributed by atoms with E-state index in [4.69, 9.17) is 9.47 Å². The third-order valence-electron chi connectivity index (χ3n) is 4.10. The fourth-order valence-electron chi connectivity index (χ4n) is 3.31. The number of hydrogen-bond acceptors (Lipinski definition) is 4. The van der Waals surface area contributed by atoms with E-state index in [-0.39, 0.29) is 12.2 Å². The largest absolute Gasteiger partial charge is 0.393 e. The van der Waals surface area contributed by atoms with Crippen molar-refractivity contribution in [3.8, 4) is 0 Å². The molecular formula is C12H20O4. The zero-order valence-corrected chi connectivity index (χ0v) is 9.47. The molecule has 2 N–H and O–H groups in total. The maximum atomic E-state index is 9.90.